The van der Waals surface area contributed by atoms with E-state index in [1.807, 2.05) is 31.2 Å². The fraction of sp³-hybridized carbons (Fsp3) is 0.158. The van der Waals surface area contributed by atoms with Crippen molar-refractivity contribution in [2.24, 2.45) is 0 Å². The molecule has 0 aliphatic carbocycles. The highest BCUT2D eigenvalue weighted by Gasteiger charge is 2.09. The second-order valence-electron chi connectivity index (χ2n) is 5.74. The van der Waals surface area contributed by atoms with Gasteiger partial charge in [-0.15, -0.1) is 0 Å². The normalized spacial score (nSPS) is 11.4. The maximum atomic E-state index is 9.27. The van der Waals surface area contributed by atoms with Crippen molar-refractivity contribution < 1.29 is 5.11 Å². The van der Waals surface area contributed by atoms with Crippen LogP contribution in [0.3, 0.4) is 0 Å². The molecular weight excluding hydrogens is 328 g/mol. The van der Waals surface area contributed by atoms with Crippen LogP contribution >= 0.6 is 0 Å². The van der Waals surface area contributed by atoms with Crippen LogP contribution in [0.25, 0.3) is 11.3 Å². The Labute approximate surface area is 151 Å². The van der Waals surface area contributed by atoms with Crippen LogP contribution in [0.1, 0.15) is 12.5 Å². The summed E-state index contributed by atoms with van der Waals surface area (Å²) in [6.45, 7) is 1.81. The van der Waals surface area contributed by atoms with Gasteiger partial charge in [0.25, 0.3) is 0 Å². The van der Waals surface area contributed by atoms with Crippen molar-refractivity contribution in [2.45, 2.75) is 13.0 Å². The van der Waals surface area contributed by atoms with Crippen molar-refractivity contribution >= 4 is 17.5 Å². The van der Waals surface area contributed by atoms with Crippen molar-refractivity contribution in [3.8, 4) is 17.3 Å². The van der Waals surface area contributed by atoms with Gasteiger partial charge in [0, 0.05) is 35.8 Å². The number of pyridine rings is 1. The molecule has 0 saturated carbocycles. The van der Waals surface area contributed by atoms with Gasteiger partial charge in [0.15, 0.2) is 0 Å². The molecule has 0 fully saturated rings. The molecule has 7 nitrogen and oxygen atoms in total. The largest absolute Gasteiger partial charge is 0.394 e. The number of aromatic nitrogens is 3. The number of nitrogens with zero attached hydrogens (tertiary/aromatic N) is 4. The molecule has 0 unspecified atom stereocenters. The van der Waals surface area contributed by atoms with E-state index in [1.165, 1.54) is 0 Å². The van der Waals surface area contributed by atoms with Crippen LogP contribution in [0, 0.1) is 11.3 Å². The molecule has 0 radical (unpaired) electrons. The maximum Gasteiger partial charge on any atom is 0.225 e. The van der Waals surface area contributed by atoms with Crippen molar-refractivity contribution in [1.82, 2.24) is 15.0 Å². The van der Waals surface area contributed by atoms with E-state index >= 15 is 0 Å². The predicted octanol–water partition coefficient (Wildman–Crippen LogP) is 2.95. The molecule has 0 aliphatic heterocycles. The van der Waals surface area contributed by atoms with Crippen LogP contribution in [0.2, 0.25) is 0 Å². The molecule has 130 valence electrons. The minimum atomic E-state index is -0.183. The van der Waals surface area contributed by atoms with E-state index in [1.54, 1.807) is 30.6 Å². The van der Waals surface area contributed by atoms with Gasteiger partial charge in [-0.25, -0.2) is 4.98 Å². The quantitative estimate of drug-likeness (QED) is 0.630. The number of hydrogen-bond acceptors (Lipinski definition) is 7. The number of benzene rings is 1. The van der Waals surface area contributed by atoms with E-state index in [-0.39, 0.29) is 12.6 Å². The molecule has 1 aromatic carbocycles. The Bertz CT molecular complexity index is 923. The summed E-state index contributed by atoms with van der Waals surface area (Å²) in [5.41, 5.74) is 2.93. The summed E-state index contributed by atoms with van der Waals surface area (Å²) in [5.74, 6) is 0.981. The van der Waals surface area contributed by atoms with Crippen LogP contribution in [-0.4, -0.2) is 32.7 Å². The zero-order chi connectivity index (χ0) is 18.4. The maximum absolute atomic E-state index is 9.27. The average molecular weight is 346 g/mol. The minimum absolute atomic E-state index is 0.0319. The molecule has 3 aromatic rings. The first-order valence-electron chi connectivity index (χ1n) is 8.12. The fourth-order valence-electron chi connectivity index (χ4n) is 2.33. The molecule has 2 heterocycles. The van der Waals surface area contributed by atoms with E-state index in [4.69, 9.17) is 5.26 Å². The Morgan fingerprint density at radius 2 is 1.96 bits per heavy atom. The summed E-state index contributed by atoms with van der Waals surface area (Å²) in [7, 11) is 0. The topological polar surface area (TPSA) is 107 Å². The zero-order valence-corrected chi connectivity index (χ0v) is 14.2. The lowest BCUT2D eigenvalue weighted by atomic mass is 10.2. The van der Waals surface area contributed by atoms with Gasteiger partial charge < -0.3 is 15.7 Å². The molecule has 3 N–H and O–H groups in total. The Kier molecular flexibility index (Phi) is 5.37. The second kappa shape index (κ2) is 8.05. The highest BCUT2D eigenvalue weighted by atomic mass is 16.3. The van der Waals surface area contributed by atoms with Crippen molar-refractivity contribution in [2.75, 3.05) is 17.2 Å². The number of aliphatic hydroxyl groups excluding tert-OH is 1. The molecule has 0 aliphatic rings. The van der Waals surface area contributed by atoms with Gasteiger partial charge in [-0.2, -0.15) is 10.2 Å². The number of rotatable bonds is 6. The fourth-order valence-corrected chi connectivity index (χ4v) is 2.33. The lowest BCUT2D eigenvalue weighted by Crippen LogP contribution is -2.21. The van der Waals surface area contributed by atoms with Gasteiger partial charge in [0.2, 0.25) is 5.95 Å². The lowest BCUT2D eigenvalue weighted by molar-refractivity contribution is 0.281. The molecule has 0 amide bonds. The third kappa shape index (κ3) is 4.32. The summed E-state index contributed by atoms with van der Waals surface area (Å²) < 4.78 is 0. The molecule has 7 heteroatoms. The highest BCUT2D eigenvalue weighted by Crippen LogP contribution is 2.24. The van der Waals surface area contributed by atoms with Gasteiger partial charge in [-0.3, -0.25) is 4.98 Å². The molecule has 1 atom stereocenters. The summed E-state index contributed by atoms with van der Waals surface area (Å²) in [6, 6.07) is 14.6. The van der Waals surface area contributed by atoms with Crippen molar-refractivity contribution in [3.63, 3.8) is 0 Å². The van der Waals surface area contributed by atoms with Gasteiger partial charge in [0.05, 0.1) is 23.9 Å². The van der Waals surface area contributed by atoms with Crippen LogP contribution in [0.15, 0.2) is 54.9 Å². The van der Waals surface area contributed by atoms with Gasteiger partial charge in [0.1, 0.15) is 5.82 Å². The molecular formula is C19H18N6O. The number of aliphatic hydroxyl groups is 1. The predicted molar refractivity (Wildman–Crippen MR) is 99.9 cm³/mol. The van der Waals surface area contributed by atoms with Crippen LogP contribution in [0.5, 0.6) is 0 Å². The zero-order valence-electron chi connectivity index (χ0n) is 14.2. The van der Waals surface area contributed by atoms with Crippen molar-refractivity contribution in [3.05, 3.63) is 60.4 Å². The molecule has 3 rings (SSSR count). The Morgan fingerprint density at radius 1 is 1.15 bits per heavy atom. The van der Waals surface area contributed by atoms with Crippen LogP contribution < -0.4 is 10.6 Å². The van der Waals surface area contributed by atoms with E-state index in [2.05, 4.69) is 31.7 Å². The first-order chi connectivity index (χ1) is 12.7. The van der Waals surface area contributed by atoms with Crippen LogP contribution in [-0.2, 0) is 0 Å². The van der Waals surface area contributed by atoms with Gasteiger partial charge >= 0.3 is 0 Å². The monoisotopic (exact) mass is 346 g/mol. The summed E-state index contributed by atoms with van der Waals surface area (Å²) in [5, 5.41) is 24.6. The summed E-state index contributed by atoms with van der Waals surface area (Å²) >= 11 is 0. The molecule has 0 bridgehead atoms. The molecule has 0 saturated heterocycles. The second-order valence-corrected chi connectivity index (χ2v) is 5.74. The number of hydrogen-bond donors (Lipinski definition) is 3. The van der Waals surface area contributed by atoms with Crippen molar-refractivity contribution in [1.29, 1.82) is 5.26 Å². The summed E-state index contributed by atoms with van der Waals surface area (Å²) in [6.07, 6.45) is 3.40. The van der Waals surface area contributed by atoms with E-state index in [0.717, 1.165) is 11.3 Å². The summed E-state index contributed by atoms with van der Waals surface area (Å²) in [4.78, 5) is 13.0. The first-order valence-corrected chi connectivity index (χ1v) is 8.12. The van der Waals surface area contributed by atoms with Crippen LogP contribution in [0.4, 0.5) is 17.5 Å². The first kappa shape index (κ1) is 17.3. The standard InChI is InChI=1S/C19H18N6O/c1-13(12-26)22-19-24-17(15-5-7-21-8-6-15)10-18(25-19)23-16-4-2-3-14(9-16)11-20/h2-10,13,26H,12H2,1H3,(H2,22,23,24,25)/t13-/m1/s1. The third-order valence-electron chi connectivity index (χ3n) is 3.62. The highest BCUT2D eigenvalue weighted by molar-refractivity contribution is 5.67. The lowest BCUT2D eigenvalue weighted by Gasteiger charge is -2.14. The minimum Gasteiger partial charge on any atom is -0.394 e. The third-order valence-corrected chi connectivity index (χ3v) is 3.62. The van der Waals surface area contributed by atoms with E-state index < -0.39 is 0 Å². The van der Waals surface area contributed by atoms with E-state index in [0.29, 0.717) is 23.0 Å². The average Bonchev–Trinajstić information content (AvgIpc) is 2.68. The Hall–Kier alpha value is -3.50. The Balaban J connectivity index is 1.97. The molecule has 0 spiro atoms. The van der Waals surface area contributed by atoms with E-state index in [9.17, 15) is 5.11 Å². The molecule has 2 aromatic heterocycles. The number of anilines is 3. The number of nitrogens with one attached hydrogen (secondary N) is 2. The van der Waals surface area contributed by atoms with Gasteiger partial charge in [-0.05, 0) is 37.3 Å². The van der Waals surface area contributed by atoms with Gasteiger partial charge in [-0.1, -0.05) is 6.07 Å². The smallest absolute Gasteiger partial charge is 0.225 e. The Morgan fingerprint density at radius 3 is 2.69 bits per heavy atom. The SMILES string of the molecule is C[C@H](CO)Nc1nc(Nc2cccc(C#N)c2)cc(-c2ccncc2)n1. The molecule has 26 heavy (non-hydrogen) atoms. The number of nitriles is 1.